The number of hydrogen-bond acceptors (Lipinski definition) is 3. The third-order valence-corrected chi connectivity index (χ3v) is 3.41. The highest BCUT2D eigenvalue weighted by molar-refractivity contribution is 5.92. The molecular weight excluding hydrogens is 238 g/mol. The van der Waals surface area contributed by atoms with Crippen molar-refractivity contribution in [1.29, 1.82) is 0 Å². The number of carbonyl (C=O) groups excluding carboxylic acids is 1. The van der Waals surface area contributed by atoms with Crippen molar-refractivity contribution in [2.24, 2.45) is 5.92 Å². The zero-order valence-electron chi connectivity index (χ0n) is 11.8. The molecule has 1 N–H and O–H groups in total. The predicted octanol–water partition coefficient (Wildman–Crippen LogP) is 1.93. The zero-order chi connectivity index (χ0) is 13.7. The van der Waals surface area contributed by atoms with E-state index in [1.807, 2.05) is 17.0 Å². The fourth-order valence-electron chi connectivity index (χ4n) is 2.56. The summed E-state index contributed by atoms with van der Waals surface area (Å²) in [5, 5.41) is 3.53. The van der Waals surface area contributed by atoms with E-state index in [2.05, 4.69) is 24.1 Å². The van der Waals surface area contributed by atoms with Crippen LogP contribution < -0.4 is 5.32 Å². The maximum atomic E-state index is 12.4. The maximum absolute atomic E-state index is 12.4. The smallest absolute Gasteiger partial charge is 0.272 e. The van der Waals surface area contributed by atoms with Gasteiger partial charge in [0, 0.05) is 25.3 Å². The van der Waals surface area contributed by atoms with Crippen LogP contribution in [0.3, 0.4) is 0 Å². The molecule has 104 valence electrons. The summed E-state index contributed by atoms with van der Waals surface area (Å²) in [6.07, 6.45) is 3.79. The summed E-state index contributed by atoms with van der Waals surface area (Å²) >= 11 is 0. The summed E-state index contributed by atoms with van der Waals surface area (Å²) in [4.78, 5) is 18.5. The van der Waals surface area contributed by atoms with Gasteiger partial charge < -0.3 is 10.2 Å². The van der Waals surface area contributed by atoms with Gasteiger partial charge in [-0.2, -0.15) is 0 Å². The molecule has 1 saturated heterocycles. The third kappa shape index (κ3) is 4.03. The molecule has 1 fully saturated rings. The van der Waals surface area contributed by atoms with Crippen LogP contribution >= 0.6 is 0 Å². The number of nitrogens with one attached hydrogen (secondary N) is 1. The molecule has 2 heterocycles. The lowest BCUT2D eigenvalue weighted by Crippen LogP contribution is -2.41. The van der Waals surface area contributed by atoms with E-state index >= 15 is 0 Å². The second-order valence-corrected chi connectivity index (χ2v) is 5.60. The second-order valence-electron chi connectivity index (χ2n) is 5.60. The number of carbonyl (C=O) groups is 1. The van der Waals surface area contributed by atoms with Crippen molar-refractivity contribution >= 4 is 5.91 Å². The van der Waals surface area contributed by atoms with Gasteiger partial charge in [-0.1, -0.05) is 19.9 Å². The molecule has 0 saturated carbocycles. The Morgan fingerprint density at radius 1 is 1.53 bits per heavy atom. The summed E-state index contributed by atoms with van der Waals surface area (Å²) in [7, 11) is 0. The Morgan fingerprint density at radius 3 is 3.05 bits per heavy atom. The number of amides is 1. The number of aromatic nitrogens is 1. The Kier molecular flexibility index (Phi) is 4.91. The van der Waals surface area contributed by atoms with Gasteiger partial charge in [0.15, 0.2) is 0 Å². The average Bonchev–Trinajstić information content (AvgIpc) is 2.64. The summed E-state index contributed by atoms with van der Waals surface area (Å²) in [6, 6.07) is 5.89. The van der Waals surface area contributed by atoms with Gasteiger partial charge >= 0.3 is 0 Å². The van der Waals surface area contributed by atoms with Crippen LogP contribution in [0.25, 0.3) is 0 Å². The van der Waals surface area contributed by atoms with Gasteiger partial charge in [-0.05, 0) is 37.4 Å². The van der Waals surface area contributed by atoms with Crippen molar-refractivity contribution in [3.63, 3.8) is 0 Å². The topological polar surface area (TPSA) is 45.2 Å². The van der Waals surface area contributed by atoms with E-state index in [1.165, 1.54) is 0 Å². The molecule has 2 rings (SSSR count). The van der Waals surface area contributed by atoms with Crippen LogP contribution in [0.5, 0.6) is 0 Å². The van der Waals surface area contributed by atoms with E-state index in [-0.39, 0.29) is 5.91 Å². The van der Waals surface area contributed by atoms with E-state index in [0.717, 1.165) is 32.5 Å². The molecule has 0 spiro atoms. The molecule has 4 heteroatoms. The first-order chi connectivity index (χ1) is 9.16. The number of hydrogen-bond donors (Lipinski definition) is 1. The largest absolute Gasteiger partial charge is 0.336 e. The highest BCUT2D eigenvalue weighted by Crippen LogP contribution is 2.12. The molecule has 0 bridgehead atoms. The molecule has 1 aromatic rings. The molecule has 19 heavy (non-hydrogen) atoms. The lowest BCUT2D eigenvalue weighted by Gasteiger charge is -2.25. The van der Waals surface area contributed by atoms with Gasteiger partial charge in [0.05, 0.1) is 0 Å². The summed E-state index contributed by atoms with van der Waals surface area (Å²) in [5.41, 5.74) is 0.549. The fourth-order valence-corrected chi connectivity index (χ4v) is 2.56. The molecule has 0 aliphatic carbocycles. The van der Waals surface area contributed by atoms with Crippen LogP contribution in [0.15, 0.2) is 24.4 Å². The first kappa shape index (κ1) is 14.0. The minimum atomic E-state index is 0.0538. The van der Waals surface area contributed by atoms with E-state index in [9.17, 15) is 4.79 Å². The molecule has 0 radical (unpaired) electrons. The molecule has 4 nitrogen and oxygen atoms in total. The molecule has 1 atom stereocenters. The van der Waals surface area contributed by atoms with E-state index in [4.69, 9.17) is 0 Å². The maximum Gasteiger partial charge on any atom is 0.272 e. The monoisotopic (exact) mass is 261 g/mol. The number of pyridine rings is 1. The number of rotatable bonds is 3. The van der Waals surface area contributed by atoms with Crippen LogP contribution in [0.4, 0.5) is 0 Å². The summed E-state index contributed by atoms with van der Waals surface area (Å²) in [6.45, 7) is 7.03. The normalized spacial score (nSPS) is 20.4. The first-order valence-electron chi connectivity index (χ1n) is 7.10. The fraction of sp³-hybridized carbons (Fsp3) is 0.600. The average molecular weight is 261 g/mol. The molecular formula is C15H23N3O. The lowest BCUT2D eigenvalue weighted by molar-refractivity contribution is 0.0743. The van der Waals surface area contributed by atoms with Gasteiger partial charge in [0.2, 0.25) is 0 Å². The summed E-state index contributed by atoms with van der Waals surface area (Å²) < 4.78 is 0. The molecule has 1 aromatic heterocycles. The van der Waals surface area contributed by atoms with Crippen LogP contribution in [-0.4, -0.2) is 41.5 Å². The highest BCUT2D eigenvalue weighted by Gasteiger charge is 2.23. The minimum absolute atomic E-state index is 0.0538. The third-order valence-electron chi connectivity index (χ3n) is 3.41. The van der Waals surface area contributed by atoms with E-state index in [1.54, 1.807) is 12.3 Å². The highest BCUT2D eigenvalue weighted by atomic mass is 16.2. The quantitative estimate of drug-likeness (QED) is 0.904. The van der Waals surface area contributed by atoms with Crippen LogP contribution in [0.2, 0.25) is 0 Å². The second kappa shape index (κ2) is 6.66. The number of nitrogens with zero attached hydrogens (tertiary/aromatic N) is 2. The van der Waals surface area contributed by atoms with Gasteiger partial charge in [-0.15, -0.1) is 0 Å². The van der Waals surface area contributed by atoms with Crippen LogP contribution in [-0.2, 0) is 0 Å². The van der Waals surface area contributed by atoms with Gasteiger partial charge in [0.1, 0.15) is 5.69 Å². The van der Waals surface area contributed by atoms with Gasteiger partial charge in [-0.3, -0.25) is 9.78 Å². The molecule has 1 amide bonds. The standard InChI is InChI=1S/C15H23N3O/c1-12(2)10-13-11-18(9-5-8-16-13)15(19)14-6-3-4-7-17-14/h3-4,6-7,12-13,16H,5,8-11H2,1-2H3. The Labute approximate surface area is 115 Å². The Balaban J connectivity index is 2.03. The summed E-state index contributed by atoms with van der Waals surface area (Å²) in [5.74, 6) is 0.695. The first-order valence-corrected chi connectivity index (χ1v) is 7.10. The van der Waals surface area contributed by atoms with E-state index < -0.39 is 0 Å². The van der Waals surface area contributed by atoms with Crippen molar-refractivity contribution in [2.75, 3.05) is 19.6 Å². The van der Waals surface area contributed by atoms with Crippen molar-refractivity contribution in [3.8, 4) is 0 Å². The molecule has 1 aliphatic rings. The lowest BCUT2D eigenvalue weighted by atomic mass is 10.0. The predicted molar refractivity (Wildman–Crippen MR) is 76.0 cm³/mol. The van der Waals surface area contributed by atoms with Crippen molar-refractivity contribution in [2.45, 2.75) is 32.7 Å². The Morgan fingerprint density at radius 2 is 2.37 bits per heavy atom. The molecule has 1 aliphatic heterocycles. The Hall–Kier alpha value is -1.42. The van der Waals surface area contributed by atoms with Gasteiger partial charge in [-0.25, -0.2) is 0 Å². The molecule has 1 unspecified atom stereocenters. The van der Waals surface area contributed by atoms with Gasteiger partial charge in [0.25, 0.3) is 5.91 Å². The van der Waals surface area contributed by atoms with E-state index in [0.29, 0.717) is 17.7 Å². The van der Waals surface area contributed by atoms with Crippen molar-refractivity contribution < 1.29 is 4.79 Å². The Bertz CT molecular complexity index is 405. The molecule has 0 aromatic carbocycles. The SMILES string of the molecule is CC(C)CC1CN(C(=O)c2ccccn2)CCCN1. The van der Waals surface area contributed by atoms with Crippen molar-refractivity contribution in [1.82, 2.24) is 15.2 Å². The zero-order valence-corrected chi connectivity index (χ0v) is 11.8. The van der Waals surface area contributed by atoms with Crippen molar-refractivity contribution in [3.05, 3.63) is 30.1 Å². The van der Waals surface area contributed by atoms with Crippen LogP contribution in [0, 0.1) is 5.92 Å². The van der Waals surface area contributed by atoms with Crippen LogP contribution in [0.1, 0.15) is 37.2 Å². The minimum Gasteiger partial charge on any atom is -0.336 e.